The van der Waals surface area contributed by atoms with Crippen LogP contribution in [0.1, 0.15) is 30.7 Å². The van der Waals surface area contributed by atoms with E-state index in [0.717, 1.165) is 29.2 Å². The van der Waals surface area contributed by atoms with E-state index < -0.39 is 0 Å². The van der Waals surface area contributed by atoms with Gasteiger partial charge in [0.2, 0.25) is 0 Å². The molecule has 1 fully saturated rings. The number of aromatic nitrogens is 3. The maximum Gasteiger partial charge on any atom is 0.113 e. The third kappa shape index (κ3) is 1.79. The van der Waals surface area contributed by atoms with Gasteiger partial charge in [0.05, 0.1) is 16.9 Å². The molecule has 0 atom stereocenters. The van der Waals surface area contributed by atoms with Gasteiger partial charge >= 0.3 is 0 Å². The van der Waals surface area contributed by atoms with E-state index in [1.54, 1.807) is 17.5 Å². The maximum absolute atomic E-state index is 6.41. The van der Waals surface area contributed by atoms with Crippen LogP contribution in [0, 0.1) is 0 Å². The van der Waals surface area contributed by atoms with Gasteiger partial charge in [-0.1, -0.05) is 12.8 Å². The smallest absolute Gasteiger partial charge is 0.113 e. The summed E-state index contributed by atoms with van der Waals surface area (Å²) in [5, 5.41) is 7.32. The second-order valence-electron chi connectivity index (χ2n) is 4.74. The summed E-state index contributed by atoms with van der Waals surface area (Å²) in [5.41, 5.74) is 8.27. The Morgan fingerprint density at radius 1 is 1.41 bits per heavy atom. The molecule has 0 aromatic carbocycles. The first-order valence-corrected chi connectivity index (χ1v) is 6.80. The second-order valence-corrected chi connectivity index (χ2v) is 5.60. The third-order valence-electron chi connectivity index (χ3n) is 3.51. The molecule has 4 nitrogen and oxygen atoms in total. The van der Waals surface area contributed by atoms with Crippen LogP contribution in [0.4, 0.5) is 0 Å². The summed E-state index contributed by atoms with van der Waals surface area (Å²) >= 11 is 1.68. The predicted molar refractivity (Wildman–Crippen MR) is 68.6 cm³/mol. The second kappa shape index (κ2) is 3.92. The molecule has 0 spiro atoms. The van der Waals surface area contributed by atoms with E-state index in [4.69, 9.17) is 10.7 Å². The molecule has 0 saturated heterocycles. The highest BCUT2D eigenvalue weighted by Gasteiger charge is 2.34. The van der Waals surface area contributed by atoms with Gasteiger partial charge in [-0.3, -0.25) is 4.68 Å². The maximum atomic E-state index is 6.41. The minimum atomic E-state index is -0.179. The molecular formula is C12H16N4S. The third-order valence-corrected chi connectivity index (χ3v) is 4.57. The van der Waals surface area contributed by atoms with Crippen LogP contribution in [0.2, 0.25) is 0 Å². The van der Waals surface area contributed by atoms with Gasteiger partial charge < -0.3 is 5.73 Å². The molecule has 1 aliphatic carbocycles. The molecule has 2 aromatic heterocycles. The average Bonchev–Trinajstić information content (AvgIpc) is 2.97. The topological polar surface area (TPSA) is 56.7 Å². The van der Waals surface area contributed by atoms with Crippen LogP contribution < -0.4 is 5.73 Å². The minimum Gasteiger partial charge on any atom is -0.319 e. The van der Waals surface area contributed by atoms with Crippen LogP contribution in [0.15, 0.2) is 17.6 Å². The Morgan fingerprint density at radius 3 is 2.82 bits per heavy atom. The summed E-state index contributed by atoms with van der Waals surface area (Å²) in [6.07, 6.45) is 6.35. The van der Waals surface area contributed by atoms with Crippen molar-refractivity contribution in [2.24, 2.45) is 12.8 Å². The molecule has 0 radical (unpaired) electrons. The zero-order valence-corrected chi connectivity index (χ0v) is 10.7. The highest BCUT2D eigenvalue weighted by molar-refractivity contribution is 7.10. The molecule has 5 heteroatoms. The van der Waals surface area contributed by atoms with E-state index in [9.17, 15) is 0 Å². The minimum absolute atomic E-state index is 0.179. The molecule has 0 bridgehead atoms. The Kier molecular flexibility index (Phi) is 2.52. The molecule has 0 aliphatic heterocycles. The normalized spacial score (nSPS) is 18.7. The van der Waals surface area contributed by atoms with E-state index in [0.29, 0.717) is 0 Å². The first-order valence-electron chi connectivity index (χ1n) is 5.92. The monoisotopic (exact) mass is 248 g/mol. The van der Waals surface area contributed by atoms with E-state index in [1.807, 2.05) is 17.8 Å². The van der Waals surface area contributed by atoms with E-state index in [-0.39, 0.29) is 5.54 Å². The summed E-state index contributed by atoms with van der Waals surface area (Å²) in [4.78, 5) is 4.70. The van der Waals surface area contributed by atoms with Gasteiger partial charge in [0.25, 0.3) is 0 Å². The van der Waals surface area contributed by atoms with Gasteiger partial charge in [-0.25, -0.2) is 4.98 Å². The Morgan fingerprint density at radius 2 is 2.18 bits per heavy atom. The molecule has 17 heavy (non-hydrogen) atoms. The molecule has 1 saturated carbocycles. The number of hydrogen-bond donors (Lipinski definition) is 1. The van der Waals surface area contributed by atoms with Gasteiger partial charge in [-0.15, -0.1) is 11.3 Å². The van der Waals surface area contributed by atoms with Gasteiger partial charge in [0.15, 0.2) is 0 Å². The molecule has 3 rings (SSSR count). The predicted octanol–water partition coefficient (Wildman–Crippen LogP) is 2.27. The fraction of sp³-hybridized carbons (Fsp3) is 0.500. The van der Waals surface area contributed by atoms with E-state index >= 15 is 0 Å². The Bertz CT molecular complexity index is 522. The van der Waals surface area contributed by atoms with Crippen LogP contribution >= 0.6 is 11.3 Å². The van der Waals surface area contributed by atoms with Crippen molar-refractivity contribution in [1.29, 1.82) is 0 Å². The molecule has 0 unspecified atom stereocenters. The van der Waals surface area contributed by atoms with E-state index in [2.05, 4.69) is 10.5 Å². The largest absolute Gasteiger partial charge is 0.319 e. The van der Waals surface area contributed by atoms with E-state index in [1.165, 1.54) is 12.8 Å². The quantitative estimate of drug-likeness (QED) is 0.887. The number of aryl methyl sites for hydroxylation is 1. The lowest BCUT2D eigenvalue weighted by Crippen LogP contribution is -2.32. The lowest BCUT2D eigenvalue weighted by atomic mass is 10.0. The van der Waals surface area contributed by atoms with Crippen molar-refractivity contribution in [3.05, 3.63) is 22.7 Å². The lowest BCUT2D eigenvalue weighted by Gasteiger charge is -2.19. The van der Waals surface area contributed by atoms with Crippen molar-refractivity contribution in [3.8, 4) is 11.4 Å². The average molecular weight is 248 g/mol. The zero-order chi connectivity index (χ0) is 11.9. The Balaban J connectivity index is 1.96. The van der Waals surface area contributed by atoms with Gasteiger partial charge in [-0.2, -0.15) is 5.10 Å². The highest BCUT2D eigenvalue weighted by atomic mass is 32.1. The first-order chi connectivity index (χ1) is 8.19. The highest BCUT2D eigenvalue weighted by Crippen LogP contribution is 2.38. The molecule has 90 valence electrons. The van der Waals surface area contributed by atoms with Crippen LogP contribution in [0.25, 0.3) is 11.4 Å². The molecule has 2 aromatic rings. The van der Waals surface area contributed by atoms with Crippen molar-refractivity contribution >= 4 is 11.3 Å². The fourth-order valence-corrected chi connectivity index (χ4v) is 3.45. The van der Waals surface area contributed by atoms with Crippen LogP contribution in [-0.2, 0) is 12.6 Å². The number of nitrogens with two attached hydrogens (primary N) is 1. The van der Waals surface area contributed by atoms with Crippen LogP contribution in [-0.4, -0.2) is 14.8 Å². The summed E-state index contributed by atoms with van der Waals surface area (Å²) in [6, 6.07) is 1.98. The van der Waals surface area contributed by atoms with Crippen LogP contribution in [0.5, 0.6) is 0 Å². The summed E-state index contributed by atoms with van der Waals surface area (Å²) in [5.74, 6) is 0. The lowest BCUT2D eigenvalue weighted by molar-refractivity contribution is 0.459. The summed E-state index contributed by atoms with van der Waals surface area (Å²) in [7, 11) is 1.93. The van der Waals surface area contributed by atoms with Gasteiger partial charge in [0, 0.05) is 18.6 Å². The van der Waals surface area contributed by atoms with Crippen molar-refractivity contribution in [1.82, 2.24) is 14.8 Å². The number of rotatable bonds is 2. The molecule has 1 aliphatic rings. The van der Waals surface area contributed by atoms with Crippen molar-refractivity contribution in [2.45, 2.75) is 31.2 Å². The summed E-state index contributed by atoms with van der Waals surface area (Å²) in [6.45, 7) is 0. The van der Waals surface area contributed by atoms with Crippen LogP contribution in [0.3, 0.4) is 0 Å². The van der Waals surface area contributed by atoms with Crippen molar-refractivity contribution < 1.29 is 0 Å². The molecule has 2 N–H and O–H groups in total. The SMILES string of the molecule is Cn1nccc1-c1csc(C2(N)CCCC2)n1. The van der Waals surface area contributed by atoms with Gasteiger partial charge in [-0.05, 0) is 18.9 Å². The standard InChI is InChI=1S/C12H16N4S/c1-16-10(4-7-14-16)9-8-17-11(15-9)12(13)5-2-3-6-12/h4,7-8H,2-3,5-6,13H2,1H3. The fourth-order valence-electron chi connectivity index (χ4n) is 2.46. The number of nitrogens with zero attached hydrogens (tertiary/aromatic N) is 3. The van der Waals surface area contributed by atoms with Crippen molar-refractivity contribution in [3.63, 3.8) is 0 Å². The zero-order valence-electron chi connectivity index (χ0n) is 9.89. The summed E-state index contributed by atoms with van der Waals surface area (Å²) < 4.78 is 1.84. The van der Waals surface area contributed by atoms with Gasteiger partial charge in [0.1, 0.15) is 5.01 Å². The number of hydrogen-bond acceptors (Lipinski definition) is 4. The Hall–Kier alpha value is -1.20. The van der Waals surface area contributed by atoms with Crippen molar-refractivity contribution in [2.75, 3.05) is 0 Å². The first kappa shape index (κ1) is 10.9. The number of thiazole rings is 1. The molecule has 0 amide bonds. The molecule has 2 heterocycles. The Labute approximate surface area is 104 Å². The molecular weight excluding hydrogens is 232 g/mol.